The van der Waals surface area contributed by atoms with Crippen molar-refractivity contribution in [2.24, 2.45) is 5.92 Å². The Hall–Kier alpha value is -2.08. The van der Waals surface area contributed by atoms with Crippen LogP contribution in [0.5, 0.6) is 0 Å². The minimum Gasteiger partial charge on any atom is -0.465 e. The number of nitrogens with zero attached hydrogens (tertiary/aromatic N) is 1. The summed E-state index contributed by atoms with van der Waals surface area (Å²) in [5.41, 5.74) is 2.29. The first-order chi connectivity index (χ1) is 15.7. The van der Waals surface area contributed by atoms with Crippen molar-refractivity contribution < 1.29 is 31.2 Å². The van der Waals surface area contributed by atoms with Gasteiger partial charge >= 0.3 is 14.8 Å². The molecule has 0 radical (unpaired) electrons. The monoisotopic (exact) mass is 495 g/mol. The third kappa shape index (κ3) is 6.28. The molecular weight excluding hydrogens is 462 g/mol. The second kappa shape index (κ2) is 11.9. The van der Waals surface area contributed by atoms with Crippen LogP contribution in [0.3, 0.4) is 0 Å². The molecule has 2 rings (SSSR count). The third-order valence-electron chi connectivity index (χ3n) is 5.56. The Morgan fingerprint density at radius 2 is 1.76 bits per heavy atom. The van der Waals surface area contributed by atoms with Crippen LogP contribution in [-0.4, -0.2) is 68.5 Å². The van der Waals surface area contributed by atoms with Crippen LogP contribution in [0.15, 0.2) is 65.1 Å². The van der Waals surface area contributed by atoms with Gasteiger partial charge in [-0.2, -0.15) is 4.31 Å². The zero-order valence-corrected chi connectivity index (χ0v) is 21.7. The number of carbonyl (C=O) groups excluding carboxylic acids is 1. The molecular formula is C23H33NO7SSi. The summed E-state index contributed by atoms with van der Waals surface area (Å²) >= 11 is 0. The van der Waals surface area contributed by atoms with E-state index in [-0.39, 0.29) is 24.6 Å². The number of hydrogen-bond acceptors (Lipinski definition) is 7. The van der Waals surface area contributed by atoms with Gasteiger partial charge in [-0.3, -0.25) is 4.79 Å². The average molecular weight is 496 g/mol. The molecule has 33 heavy (non-hydrogen) atoms. The molecule has 1 aromatic rings. The lowest BCUT2D eigenvalue weighted by molar-refractivity contribution is -0.145. The molecule has 10 heteroatoms. The average Bonchev–Trinajstić information content (AvgIpc) is 3.25. The van der Waals surface area contributed by atoms with Gasteiger partial charge in [-0.05, 0) is 37.1 Å². The fraction of sp³-hybridized carbons (Fsp3) is 0.435. The van der Waals surface area contributed by atoms with Crippen LogP contribution in [0.25, 0.3) is 0 Å². The van der Waals surface area contributed by atoms with E-state index in [1.807, 2.05) is 6.92 Å². The van der Waals surface area contributed by atoms with Crippen molar-refractivity contribution in [2.75, 3.05) is 41.0 Å². The Kier molecular flexibility index (Phi) is 9.77. The number of carbonyl (C=O) groups is 1. The minimum atomic E-state index is -3.74. The number of sulfonamides is 1. The number of aryl methyl sites for hydroxylation is 1. The molecule has 0 saturated heterocycles. The number of benzene rings is 1. The van der Waals surface area contributed by atoms with E-state index in [0.29, 0.717) is 17.2 Å². The Morgan fingerprint density at radius 1 is 1.15 bits per heavy atom. The number of hydrogen-bond donors (Lipinski definition) is 0. The Morgan fingerprint density at radius 3 is 2.27 bits per heavy atom. The van der Waals surface area contributed by atoms with Crippen molar-refractivity contribution in [2.45, 2.75) is 24.8 Å². The van der Waals surface area contributed by atoms with Crippen molar-refractivity contribution in [1.82, 2.24) is 4.31 Å². The second-order valence-corrected chi connectivity index (χ2v) is 12.4. The van der Waals surface area contributed by atoms with E-state index >= 15 is 0 Å². The van der Waals surface area contributed by atoms with E-state index < -0.39 is 30.7 Å². The predicted molar refractivity (Wildman–Crippen MR) is 128 cm³/mol. The zero-order chi connectivity index (χ0) is 24.6. The van der Waals surface area contributed by atoms with Crippen molar-refractivity contribution in [3.05, 3.63) is 65.8 Å². The van der Waals surface area contributed by atoms with Crippen molar-refractivity contribution >= 4 is 24.8 Å². The topological polar surface area (TPSA) is 91.4 Å². The SMILES string of the molecule is C=CC1=C(C(/C=C/C[Si](OC)(OC)OC)C(=O)OCC)CN(S(=O)(=O)c2ccc(C)cc2)C1. The fourth-order valence-corrected chi connectivity index (χ4v) is 6.40. The fourth-order valence-electron chi connectivity index (χ4n) is 3.58. The first-order valence-electron chi connectivity index (χ1n) is 10.6. The lowest BCUT2D eigenvalue weighted by Gasteiger charge is -2.23. The van der Waals surface area contributed by atoms with Gasteiger partial charge in [0, 0.05) is 40.5 Å². The molecule has 1 aromatic carbocycles. The smallest absolute Gasteiger partial charge is 0.465 e. The Balaban J connectivity index is 2.35. The maximum Gasteiger partial charge on any atom is 0.504 e. The van der Waals surface area contributed by atoms with Crippen molar-refractivity contribution in [1.29, 1.82) is 0 Å². The van der Waals surface area contributed by atoms with E-state index in [1.165, 1.54) is 25.6 Å². The summed E-state index contributed by atoms with van der Waals surface area (Å²) in [5.74, 6) is -1.23. The summed E-state index contributed by atoms with van der Waals surface area (Å²) in [6, 6.07) is 7.03. The Labute approximate surface area is 197 Å². The molecule has 182 valence electrons. The van der Waals surface area contributed by atoms with Gasteiger partial charge in [0.15, 0.2) is 0 Å². The molecule has 1 aliphatic heterocycles. The molecule has 0 bridgehead atoms. The molecule has 8 nitrogen and oxygen atoms in total. The van der Waals surface area contributed by atoms with Crippen LogP contribution in [-0.2, 0) is 32.8 Å². The summed E-state index contributed by atoms with van der Waals surface area (Å²) in [6.07, 6.45) is 5.05. The highest BCUT2D eigenvalue weighted by atomic mass is 32.2. The van der Waals surface area contributed by atoms with Gasteiger partial charge in [0.2, 0.25) is 10.0 Å². The van der Waals surface area contributed by atoms with E-state index in [4.69, 9.17) is 18.0 Å². The van der Waals surface area contributed by atoms with Crippen LogP contribution in [0, 0.1) is 12.8 Å². The predicted octanol–water partition coefficient (Wildman–Crippen LogP) is 3.10. The van der Waals surface area contributed by atoms with Gasteiger partial charge in [-0.1, -0.05) is 42.5 Å². The van der Waals surface area contributed by atoms with Gasteiger partial charge < -0.3 is 18.0 Å². The van der Waals surface area contributed by atoms with E-state index in [0.717, 1.165) is 5.56 Å². The molecule has 1 heterocycles. The van der Waals surface area contributed by atoms with Crippen LogP contribution >= 0.6 is 0 Å². The summed E-state index contributed by atoms with van der Waals surface area (Å²) in [7, 11) is -2.08. The summed E-state index contributed by atoms with van der Waals surface area (Å²) in [5, 5.41) is 0. The Bertz CT molecular complexity index is 990. The molecule has 0 spiro atoms. The van der Waals surface area contributed by atoms with Crippen LogP contribution in [0.4, 0.5) is 0 Å². The highest BCUT2D eigenvalue weighted by molar-refractivity contribution is 7.89. The number of ether oxygens (including phenoxy) is 1. The molecule has 0 amide bonds. The lowest BCUT2D eigenvalue weighted by atomic mass is 9.95. The van der Waals surface area contributed by atoms with E-state index in [1.54, 1.807) is 49.4 Å². The molecule has 0 saturated carbocycles. The lowest BCUT2D eigenvalue weighted by Crippen LogP contribution is -2.42. The largest absolute Gasteiger partial charge is 0.504 e. The highest BCUT2D eigenvalue weighted by Gasteiger charge is 2.38. The third-order valence-corrected chi connectivity index (χ3v) is 9.96. The summed E-state index contributed by atoms with van der Waals surface area (Å²) in [6.45, 7) is 7.85. The zero-order valence-electron chi connectivity index (χ0n) is 19.9. The van der Waals surface area contributed by atoms with E-state index in [2.05, 4.69) is 6.58 Å². The molecule has 0 aromatic heterocycles. The van der Waals surface area contributed by atoms with Crippen LogP contribution in [0.2, 0.25) is 6.04 Å². The van der Waals surface area contributed by atoms with Crippen molar-refractivity contribution in [3.8, 4) is 0 Å². The first-order valence-corrected chi connectivity index (χ1v) is 13.9. The van der Waals surface area contributed by atoms with Gasteiger partial charge in [0.1, 0.15) is 0 Å². The number of esters is 1. The quantitative estimate of drug-likeness (QED) is 0.250. The van der Waals surface area contributed by atoms with Gasteiger partial charge in [-0.15, -0.1) is 0 Å². The maximum atomic E-state index is 13.2. The van der Waals surface area contributed by atoms with Gasteiger partial charge in [0.25, 0.3) is 0 Å². The molecule has 0 fully saturated rings. The summed E-state index contributed by atoms with van der Waals surface area (Å²) < 4.78 is 49.3. The normalized spacial score (nSPS) is 16.4. The molecule has 1 atom stereocenters. The number of allylic oxidation sites excluding steroid dienone is 1. The van der Waals surface area contributed by atoms with Gasteiger partial charge in [0.05, 0.1) is 17.4 Å². The molecule has 0 N–H and O–H groups in total. The second-order valence-electron chi connectivity index (χ2n) is 7.50. The standard InChI is InChI=1S/C23H33NO7SSi/c1-7-19-16-24(32(26,27)20-13-11-18(3)12-14-20)17-22(19)21(23(25)31-8-2)10-9-15-33(28-4,29-5)30-6/h7,9-14,21H,1,8,15-17H2,2-6H3/b10-9+. The minimum absolute atomic E-state index is 0.0623. The highest BCUT2D eigenvalue weighted by Crippen LogP contribution is 2.31. The number of rotatable bonds is 12. The van der Waals surface area contributed by atoms with Gasteiger partial charge in [-0.25, -0.2) is 8.42 Å². The first kappa shape index (κ1) is 27.2. The molecule has 0 aliphatic carbocycles. The molecule has 1 aliphatic rings. The summed E-state index contributed by atoms with van der Waals surface area (Å²) in [4.78, 5) is 13.0. The molecule has 1 unspecified atom stereocenters. The maximum absolute atomic E-state index is 13.2. The van der Waals surface area contributed by atoms with Crippen LogP contribution < -0.4 is 0 Å². The van der Waals surface area contributed by atoms with Crippen LogP contribution in [0.1, 0.15) is 12.5 Å². The van der Waals surface area contributed by atoms with E-state index in [9.17, 15) is 13.2 Å². The van der Waals surface area contributed by atoms with Crippen molar-refractivity contribution in [3.63, 3.8) is 0 Å².